The molecule has 0 aromatic heterocycles. The van der Waals surface area contributed by atoms with Gasteiger partial charge in [0.05, 0.1) is 31.5 Å². The minimum absolute atomic E-state index is 0.229. The monoisotopic (exact) mass is 232 g/mol. The Kier molecular flexibility index (Phi) is 3.09. The molecule has 2 N–H and O–H groups in total. The van der Waals surface area contributed by atoms with Gasteiger partial charge in [-0.3, -0.25) is 4.79 Å². The number of nitrogens with one attached hydrogen (secondary N) is 1. The van der Waals surface area contributed by atoms with Crippen LogP contribution in [0.1, 0.15) is 5.56 Å². The number of hydrogen-bond acceptors (Lipinski definition) is 4. The fourth-order valence-electron chi connectivity index (χ4n) is 1.57. The number of carbonyl (C=O) groups excluding carboxylic acids is 1. The van der Waals surface area contributed by atoms with Crippen molar-refractivity contribution in [1.82, 2.24) is 0 Å². The first kappa shape index (κ1) is 11.6. The van der Waals surface area contributed by atoms with Gasteiger partial charge in [0.1, 0.15) is 5.41 Å². The van der Waals surface area contributed by atoms with Crippen LogP contribution in [0, 0.1) is 16.7 Å². The van der Waals surface area contributed by atoms with Crippen LogP contribution < -0.4 is 5.32 Å². The molecular weight excluding hydrogens is 220 g/mol. The SMILES string of the molecule is N#Cc1cccc(NC(=O)C2(CO)COC2)c1. The van der Waals surface area contributed by atoms with Gasteiger partial charge in [-0.15, -0.1) is 0 Å². The summed E-state index contributed by atoms with van der Waals surface area (Å²) in [7, 11) is 0. The Labute approximate surface area is 98.6 Å². The van der Waals surface area contributed by atoms with E-state index < -0.39 is 5.41 Å². The van der Waals surface area contributed by atoms with E-state index in [1.54, 1.807) is 24.3 Å². The quantitative estimate of drug-likeness (QED) is 0.795. The molecule has 1 heterocycles. The zero-order chi connectivity index (χ0) is 12.3. The number of rotatable bonds is 3. The third kappa shape index (κ3) is 2.13. The molecule has 17 heavy (non-hydrogen) atoms. The fourth-order valence-corrected chi connectivity index (χ4v) is 1.57. The minimum Gasteiger partial charge on any atom is -0.395 e. The van der Waals surface area contributed by atoms with Gasteiger partial charge in [0.25, 0.3) is 0 Å². The van der Waals surface area contributed by atoms with E-state index in [9.17, 15) is 9.90 Å². The lowest BCUT2D eigenvalue weighted by atomic mass is 9.86. The summed E-state index contributed by atoms with van der Waals surface area (Å²) < 4.78 is 4.96. The van der Waals surface area contributed by atoms with Crippen molar-refractivity contribution in [3.63, 3.8) is 0 Å². The molecule has 1 aliphatic rings. The summed E-state index contributed by atoms with van der Waals surface area (Å²) in [5.74, 6) is -0.277. The van der Waals surface area contributed by atoms with Crippen LogP contribution in [-0.4, -0.2) is 30.8 Å². The largest absolute Gasteiger partial charge is 0.395 e. The molecule has 0 atom stereocenters. The molecule has 1 amide bonds. The summed E-state index contributed by atoms with van der Waals surface area (Å²) in [6.07, 6.45) is 0. The summed E-state index contributed by atoms with van der Waals surface area (Å²) in [5.41, 5.74) is 0.197. The molecule has 1 aromatic rings. The van der Waals surface area contributed by atoms with Gasteiger partial charge in [0.2, 0.25) is 5.91 Å². The van der Waals surface area contributed by atoms with E-state index >= 15 is 0 Å². The standard InChI is InChI=1S/C12H12N2O3/c13-5-9-2-1-3-10(4-9)14-11(16)12(6-15)7-17-8-12/h1-4,15H,6-8H2,(H,14,16). The van der Waals surface area contributed by atoms with E-state index in [2.05, 4.69) is 5.32 Å². The molecule has 0 bridgehead atoms. The third-order valence-electron chi connectivity index (χ3n) is 2.79. The first-order valence-electron chi connectivity index (χ1n) is 5.20. The normalized spacial score (nSPS) is 16.7. The number of nitriles is 1. The summed E-state index contributed by atoms with van der Waals surface area (Å²) >= 11 is 0. The van der Waals surface area contributed by atoms with E-state index in [4.69, 9.17) is 10.00 Å². The van der Waals surface area contributed by atoms with Crippen LogP contribution in [0.25, 0.3) is 0 Å². The maximum absolute atomic E-state index is 11.9. The highest BCUT2D eigenvalue weighted by Gasteiger charge is 2.45. The summed E-state index contributed by atoms with van der Waals surface area (Å²) in [5, 5.41) is 20.6. The van der Waals surface area contributed by atoms with Crippen LogP contribution in [-0.2, 0) is 9.53 Å². The van der Waals surface area contributed by atoms with Crippen LogP contribution in [0.4, 0.5) is 5.69 Å². The zero-order valence-corrected chi connectivity index (χ0v) is 9.14. The molecule has 0 aliphatic carbocycles. The molecule has 1 aliphatic heterocycles. The molecule has 1 fully saturated rings. The molecule has 5 nitrogen and oxygen atoms in total. The van der Waals surface area contributed by atoms with E-state index in [0.717, 1.165) is 0 Å². The Morgan fingerprint density at radius 3 is 2.88 bits per heavy atom. The molecular formula is C12H12N2O3. The van der Waals surface area contributed by atoms with Crippen LogP contribution >= 0.6 is 0 Å². The third-order valence-corrected chi connectivity index (χ3v) is 2.79. The Bertz CT molecular complexity index is 469. The van der Waals surface area contributed by atoms with Crippen molar-refractivity contribution in [3.8, 4) is 6.07 Å². The summed E-state index contributed by atoms with van der Waals surface area (Å²) in [6, 6.07) is 8.63. The highest BCUT2D eigenvalue weighted by Crippen LogP contribution is 2.28. The van der Waals surface area contributed by atoms with Gasteiger partial charge in [0, 0.05) is 5.69 Å². The van der Waals surface area contributed by atoms with Crippen LogP contribution in [0.2, 0.25) is 0 Å². The number of ether oxygens (including phenoxy) is 1. The smallest absolute Gasteiger partial charge is 0.237 e. The second-order valence-corrected chi connectivity index (χ2v) is 4.08. The maximum Gasteiger partial charge on any atom is 0.237 e. The summed E-state index contributed by atoms with van der Waals surface area (Å²) in [6.45, 7) is 0.220. The van der Waals surface area contributed by atoms with Gasteiger partial charge in [-0.25, -0.2) is 0 Å². The highest BCUT2D eigenvalue weighted by molar-refractivity contribution is 5.96. The molecule has 88 valence electrons. The number of carbonyl (C=O) groups is 1. The maximum atomic E-state index is 11.9. The predicted molar refractivity (Wildman–Crippen MR) is 60.1 cm³/mol. The molecule has 5 heteroatoms. The zero-order valence-electron chi connectivity index (χ0n) is 9.14. The number of nitrogens with zero attached hydrogens (tertiary/aromatic N) is 1. The molecule has 1 saturated heterocycles. The van der Waals surface area contributed by atoms with Gasteiger partial charge in [-0.1, -0.05) is 6.07 Å². The number of amides is 1. The van der Waals surface area contributed by atoms with Crippen molar-refractivity contribution in [3.05, 3.63) is 29.8 Å². The van der Waals surface area contributed by atoms with E-state index in [0.29, 0.717) is 11.3 Å². The van der Waals surface area contributed by atoms with E-state index in [1.165, 1.54) is 0 Å². The van der Waals surface area contributed by atoms with Crippen LogP contribution in [0.3, 0.4) is 0 Å². The van der Waals surface area contributed by atoms with Gasteiger partial charge < -0.3 is 15.2 Å². The van der Waals surface area contributed by atoms with Gasteiger partial charge in [-0.2, -0.15) is 5.26 Å². The number of anilines is 1. The van der Waals surface area contributed by atoms with E-state index in [-0.39, 0.29) is 25.7 Å². The Balaban J connectivity index is 2.10. The van der Waals surface area contributed by atoms with Crippen LogP contribution in [0.15, 0.2) is 24.3 Å². The topological polar surface area (TPSA) is 82.4 Å². The molecule has 1 aromatic carbocycles. The van der Waals surface area contributed by atoms with Crippen LogP contribution in [0.5, 0.6) is 0 Å². The predicted octanol–water partition coefficient (Wildman–Crippen LogP) is 0.506. The van der Waals surface area contributed by atoms with Gasteiger partial charge in [-0.05, 0) is 18.2 Å². The highest BCUT2D eigenvalue weighted by atomic mass is 16.5. The van der Waals surface area contributed by atoms with Gasteiger partial charge in [0.15, 0.2) is 0 Å². The van der Waals surface area contributed by atoms with Gasteiger partial charge >= 0.3 is 0 Å². The lowest BCUT2D eigenvalue weighted by molar-refractivity contribution is -0.164. The van der Waals surface area contributed by atoms with Crippen molar-refractivity contribution in [2.75, 3.05) is 25.1 Å². The van der Waals surface area contributed by atoms with Crippen molar-refractivity contribution < 1.29 is 14.6 Å². The second-order valence-electron chi connectivity index (χ2n) is 4.08. The molecule has 0 radical (unpaired) electrons. The van der Waals surface area contributed by atoms with E-state index in [1.807, 2.05) is 6.07 Å². The van der Waals surface area contributed by atoms with Crippen molar-refractivity contribution in [2.24, 2.45) is 5.41 Å². The molecule has 0 saturated carbocycles. The Morgan fingerprint density at radius 2 is 2.35 bits per heavy atom. The van der Waals surface area contributed by atoms with Crippen molar-refractivity contribution in [1.29, 1.82) is 5.26 Å². The Morgan fingerprint density at radius 1 is 1.59 bits per heavy atom. The first-order valence-corrected chi connectivity index (χ1v) is 5.20. The first-order chi connectivity index (χ1) is 8.20. The molecule has 0 unspecified atom stereocenters. The molecule has 0 spiro atoms. The van der Waals surface area contributed by atoms with Crippen molar-refractivity contribution in [2.45, 2.75) is 0 Å². The summed E-state index contributed by atoms with van der Waals surface area (Å²) in [4.78, 5) is 11.9. The average molecular weight is 232 g/mol. The lowest BCUT2D eigenvalue weighted by Crippen LogP contribution is -2.54. The number of benzene rings is 1. The second kappa shape index (κ2) is 4.53. The van der Waals surface area contributed by atoms with Crippen molar-refractivity contribution >= 4 is 11.6 Å². The minimum atomic E-state index is -0.831. The average Bonchev–Trinajstić information content (AvgIpc) is 2.28. The lowest BCUT2D eigenvalue weighted by Gasteiger charge is -2.37. The number of aliphatic hydroxyl groups is 1. The fraction of sp³-hybridized carbons (Fsp3) is 0.333. The Hall–Kier alpha value is -1.90. The number of hydrogen-bond donors (Lipinski definition) is 2. The molecule has 2 rings (SSSR count). The number of aliphatic hydroxyl groups excluding tert-OH is 1.